The molecule has 0 atom stereocenters. The molecule has 1 aliphatic rings. The summed E-state index contributed by atoms with van der Waals surface area (Å²) in [4.78, 5) is 0. The van der Waals surface area contributed by atoms with E-state index in [1.807, 2.05) is 109 Å². The smallest absolute Gasteiger partial charge is 0.143 e. The van der Waals surface area contributed by atoms with Gasteiger partial charge < -0.3 is 13.3 Å². The second kappa shape index (κ2) is 29.7. The number of fused-ring (bicyclic) bond motifs is 25. The molecule has 3 heteroatoms. The Morgan fingerprint density at radius 2 is 0.508 bits per heavy atom. The van der Waals surface area contributed by atoms with Crippen molar-refractivity contribution in [3.63, 3.8) is 0 Å². The fourth-order valence-electron chi connectivity index (χ4n) is 18.8. The Labute approximate surface area is 815 Å². The van der Waals surface area contributed by atoms with Crippen molar-refractivity contribution in [2.45, 2.75) is 19.3 Å². The molecule has 0 saturated heterocycles. The Kier molecular flexibility index (Phi) is 9.51. The molecule has 27 aromatic rings. The van der Waals surface area contributed by atoms with Gasteiger partial charge in [0.2, 0.25) is 0 Å². The van der Waals surface area contributed by atoms with Crippen LogP contribution < -0.4 is 0 Å². The summed E-state index contributed by atoms with van der Waals surface area (Å²) in [5.41, 5.74) is -0.818. The zero-order chi connectivity index (χ0) is 127. The molecule has 3 heterocycles. The van der Waals surface area contributed by atoms with Crippen molar-refractivity contribution in [1.82, 2.24) is 0 Å². The fourth-order valence-corrected chi connectivity index (χ4v) is 18.8. The highest BCUT2D eigenvalue weighted by Crippen LogP contribution is 2.56. The van der Waals surface area contributed by atoms with Gasteiger partial charge in [-0.2, -0.15) is 0 Å². The quantitative estimate of drug-likeness (QED) is 0.149. The molecular formula is C127H80O3. The third kappa shape index (κ3) is 11.7. The Balaban J connectivity index is 0.000000128. The second-order valence-electron chi connectivity index (χ2n) is 31.8. The molecule has 3 nitrogen and oxygen atoms in total. The number of rotatable bonds is 7. The van der Waals surface area contributed by atoms with Crippen LogP contribution in [0.3, 0.4) is 0 Å². The maximum Gasteiger partial charge on any atom is 0.143 e. The predicted octanol–water partition coefficient (Wildman–Crippen LogP) is 36.3. The first kappa shape index (κ1) is 41.6. The number of hydrogen-bond donors (Lipinski definition) is 0. The SMILES string of the molecule is [2H]c1c([2H])c([2H])c(-c2c([2H])c([2H])c([2H])c([2H])c2-c2c3c([2H])c([2H])c([2H])c([2H])c3c(-c3ccc4oc5c6ccccc6ccc5c4c3)c3c([2H])c([2H])c([2H])c([2H])c23)c([2H])c1[2H].[2H]c1c([2H])c([2H])c2c([2H])c(-c3c4c([2H])c([2H])c([2H])c([2H])c4c(-c4ccc5oc6c7ccccc7ccc6c5c4)c4c([2H])c([2H])c([2H])c([2H])c34)c([2H])c([2H])c2c1[2H].[2H]c1c([2H])c([2H])c2c(c1[2H])-c1c(-c3c4c([2H])c([2H])c([2H])c([2H])c4c(-c4ccc5oc6c7ccccc7ccc6c5c4)c4c([2H])c([2H])c([2H])c([2H])c34)c([2H])c([2H])c([2H])c1C2(C)C. The lowest BCUT2D eigenvalue weighted by Crippen LogP contribution is -2.14. The van der Waals surface area contributed by atoms with Crippen molar-refractivity contribution in [3.8, 4) is 89.0 Å². The standard InChI is InChI=1S/C45H30O.C42H26O.C40H24O/c1-45(2)38-20-10-9-18-35(38)43-36(19-11-21-39(43)45)42-32-16-7-5-14-30(32)41(31-15-6-8-17-33(31)42)28-23-25-40-37(26-28)34-24-22-27-12-3-4-13-29(27)44(34)46-40;1-2-12-27(13-3-1)30-15-6-7-17-32(30)41-35-20-10-8-18-33(35)40(34-19-9-11-21-36(34)41)29-23-25-39-38(26-29)37-24-22-28-14-4-5-16-31(28)42(37)43-39;1-2-11-27-23-28(18-17-25(27)9-1)38-31-13-5-7-15-33(31)39(34-16-8-6-14-32(34)38)29-20-22-37-36(24-29)35-21-19-26-10-3-4-12-30(26)40(35)41-37/h3-26H,1-2H3;1-26H;1-24H/i5D,6D,7D,8D,9D,10D,11D,14D,15D,16D,17D,18D,19D,20D,21D;1D,2D,3D,6D,7D,8D,9D,10D,11D,12D,13D,15D,17D,18D,19D,20D,21D;1D,2D,5D,6D,7D,8D,9D,11D,13D,14D,15D,16D,17D,18D,23D. The van der Waals surface area contributed by atoms with E-state index in [0.29, 0.717) is 66.2 Å². The number of furan rings is 3. The first-order valence-corrected chi connectivity index (χ1v) is 41.2. The average molecular weight is 1700 g/mol. The molecule has 0 unspecified atom stereocenters. The topological polar surface area (TPSA) is 39.4 Å². The average Bonchev–Trinajstić information content (AvgIpc) is 1.56. The second-order valence-corrected chi connectivity index (χ2v) is 31.8. The van der Waals surface area contributed by atoms with Gasteiger partial charge in [0.15, 0.2) is 0 Å². The van der Waals surface area contributed by atoms with Gasteiger partial charge in [-0.05, 0) is 252 Å². The molecule has 0 aliphatic heterocycles. The highest BCUT2D eigenvalue weighted by atomic mass is 16.3. The van der Waals surface area contributed by atoms with Crippen LogP contribution in [-0.4, -0.2) is 0 Å². The minimum absolute atomic E-state index is 0.0293. The van der Waals surface area contributed by atoms with E-state index in [9.17, 15) is 23.3 Å². The van der Waals surface area contributed by atoms with Gasteiger partial charge in [0.1, 0.15) is 33.5 Å². The van der Waals surface area contributed by atoms with E-state index in [1.54, 1.807) is 68.4 Å². The van der Waals surface area contributed by atoms with E-state index >= 15 is 0 Å². The third-order valence-corrected chi connectivity index (χ3v) is 24.6. The van der Waals surface area contributed by atoms with E-state index in [0.717, 1.165) is 43.1 Å². The van der Waals surface area contributed by atoms with Crippen LogP contribution in [-0.2, 0) is 5.41 Å². The maximum absolute atomic E-state index is 9.55. The van der Waals surface area contributed by atoms with Crippen LogP contribution in [0.1, 0.15) is 89.4 Å². The van der Waals surface area contributed by atoms with Crippen molar-refractivity contribution in [1.29, 1.82) is 0 Å². The molecule has 0 amide bonds. The summed E-state index contributed by atoms with van der Waals surface area (Å²) in [5.74, 6) is 0. The number of hydrogen-bond acceptors (Lipinski definition) is 3. The van der Waals surface area contributed by atoms with Gasteiger partial charge in [-0.1, -0.05) is 401 Å². The summed E-state index contributed by atoms with van der Waals surface area (Å²) in [5, 5.41) is 5.54. The zero-order valence-corrected chi connectivity index (χ0v) is 67.8. The van der Waals surface area contributed by atoms with E-state index in [4.69, 9.17) is 54.4 Å². The van der Waals surface area contributed by atoms with Crippen LogP contribution in [0, 0.1) is 0 Å². The van der Waals surface area contributed by atoms with Crippen LogP contribution >= 0.6 is 0 Å². The van der Waals surface area contributed by atoms with Crippen LogP contribution in [0.4, 0.5) is 0 Å². The molecule has 0 saturated carbocycles. The van der Waals surface area contributed by atoms with Crippen LogP contribution in [0.2, 0.25) is 0 Å². The van der Waals surface area contributed by atoms with Gasteiger partial charge in [0, 0.05) is 53.9 Å². The minimum Gasteiger partial charge on any atom is -0.455 e. The first-order valence-electron chi connectivity index (χ1n) is 64.7. The molecule has 0 radical (unpaired) electrons. The summed E-state index contributed by atoms with van der Waals surface area (Å²) < 4.78 is 441. The van der Waals surface area contributed by atoms with Crippen molar-refractivity contribution >= 4 is 174 Å². The van der Waals surface area contributed by atoms with Crippen LogP contribution in [0.15, 0.2) is 461 Å². The Morgan fingerprint density at radius 3 is 0.931 bits per heavy atom. The lowest BCUT2D eigenvalue weighted by molar-refractivity contribution is 0.660. The Hall–Kier alpha value is -16.7. The first-order chi connectivity index (χ1) is 83.8. The van der Waals surface area contributed by atoms with Gasteiger partial charge >= 0.3 is 0 Å². The van der Waals surface area contributed by atoms with E-state index in [1.165, 1.54) is 0 Å². The number of benzene rings is 24. The molecule has 28 rings (SSSR count). The Morgan fingerprint density at radius 1 is 0.185 bits per heavy atom. The summed E-state index contributed by atoms with van der Waals surface area (Å²) in [7, 11) is 0. The van der Waals surface area contributed by atoms with Gasteiger partial charge in [-0.15, -0.1) is 0 Å². The van der Waals surface area contributed by atoms with Crippen molar-refractivity contribution in [2.75, 3.05) is 0 Å². The Bertz CT molecular complexity index is 12200. The van der Waals surface area contributed by atoms with Gasteiger partial charge in [0.05, 0.1) is 64.4 Å². The highest BCUT2D eigenvalue weighted by Gasteiger charge is 2.38. The molecular weight excluding hydrogens is 1570 g/mol. The van der Waals surface area contributed by atoms with Crippen molar-refractivity contribution in [3.05, 3.63) is 459 Å². The summed E-state index contributed by atoms with van der Waals surface area (Å²) in [6.07, 6.45) is 0. The lowest BCUT2D eigenvalue weighted by Gasteiger charge is -2.22. The molecule has 0 bridgehead atoms. The molecule has 0 fully saturated rings. The summed E-state index contributed by atoms with van der Waals surface area (Å²) in [6, 6.07) is 17.8. The monoisotopic (exact) mass is 1700 g/mol. The van der Waals surface area contributed by atoms with Crippen LogP contribution in [0.5, 0.6) is 0 Å². The molecule has 1 aliphatic carbocycles. The zero-order valence-electron chi connectivity index (χ0n) is 115. The predicted molar refractivity (Wildman–Crippen MR) is 552 cm³/mol. The third-order valence-electron chi connectivity index (χ3n) is 24.6. The van der Waals surface area contributed by atoms with E-state index < -0.39 is 339 Å². The highest BCUT2D eigenvalue weighted by molar-refractivity contribution is 6.28. The van der Waals surface area contributed by atoms with Crippen LogP contribution in [0.25, 0.3) is 263 Å². The van der Waals surface area contributed by atoms with Crippen molar-refractivity contribution < 1.29 is 77.7 Å². The van der Waals surface area contributed by atoms with Gasteiger partial charge in [0.25, 0.3) is 0 Å². The van der Waals surface area contributed by atoms with Gasteiger partial charge in [-0.25, -0.2) is 0 Å². The molecule has 606 valence electrons. The molecule has 3 aromatic heterocycles. The fraction of sp³-hybridized carbons (Fsp3) is 0.0236. The molecule has 24 aromatic carbocycles. The maximum atomic E-state index is 9.55. The van der Waals surface area contributed by atoms with E-state index in [-0.39, 0.29) is 115 Å². The largest absolute Gasteiger partial charge is 0.455 e. The molecule has 0 N–H and O–H groups in total. The van der Waals surface area contributed by atoms with E-state index in [2.05, 4.69) is 0 Å². The van der Waals surface area contributed by atoms with Gasteiger partial charge in [-0.3, -0.25) is 0 Å². The molecule has 130 heavy (non-hydrogen) atoms. The summed E-state index contributed by atoms with van der Waals surface area (Å²) >= 11 is 0. The van der Waals surface area contributed by atoms with Crippen molar-refractivity contribution in [2.24, 2.45) is 0 Å². The minimum atomic E-state index is -1.35. The summed E-state index contributed by atoms with van der Waals surface area (Å²) in [6.45, 7) is 3.28. The molecule has 0 spiro atoms. The normalized spacial score (nSPS) is 17.5. The lowest BCUT2D eigenvalue weighted by atomic mass is 9.80.